The number of phenols is 1. The molecule has 0 aliphatic carbocycles. The predicted octanol–water partition coefficient (Wildman–Crippen LogP) is 2.28. The molecule has 2 rings (SSSR count). The third-order valence-electron chi connectivity index (χ3n) is 2.05. The Hall–Kier alpha value is -2.01. The summed E-state index contributed by atoms with van der Waals surface area (Å²) in [5.41, 5.74) is 0.800. The van der Waals surface area contributed by atoms with Gasteiger partial charge >= 0.3 is 0 Å². The molecule has 0 saturated heterocycles. The van der Waals surface area contributed by atoms with Crippen LogP contribution in [0.2, 0.25) is 0 Å². The van der Waals surface area contributed by atoms with Crippen molar-refractivity contribution in [2.24, 2.45) is 0 Å². The molecular formula is C11H9N3OS. The van der Waals surface area contributed by atoms with Crippen LogP contribution in [0.5, 0.6) is 5.75 Å². The number of rotatable bonds is 3. The minimum atomic E-state index is 0.0979. The SMILES string of the molecule is N=C(C(=N)c1nccs1)c1ccc(O)cc1. The van der Waals surface area contributed by atoms with Gasteiger partial charge in [-0.25, -0.2) is 4.98 Å². The van der Waals surface area contributed by atoms with Crippen molar-refractivity contribution >= 4 is 22.8 Å². The molecule has 0 atom stereocenters. The van der Waals surface area contributed by atoms with Gasteiger partial charge < -0.3 is 5.11 Å². The molecule has 1 heterocycles. The normalized spacial score (nSPS) is 10.0. The van der Waals surface area contributed by atoms with Crippen LogP contribution in [0.4, 0.5) is 0 Å². The summed E-state index contributed by atoms with van der Waals surface area (Å²) in [6.45, 7) is 0. The summed E-state index contributed by atoms with van der Waals surface area (Å²) >= 11 is 1.33. The molecule has 0 radical (unpaired) electrons. The summed E-state index contributed by atoms with van der Waals surface area (Å²) in [4.78, 5) is 3.98. The zero-order valence-corrected chi connectivity index (χ0v) is 9.08. The van der Waals surface area contributed by atoms with Gasteiger partial charge in [0, 0.05) is 17.1 Å². The number of phenolic OH excluding ortho intramolecular Hbond substituents is 1. The molecule has 0 aliphatic rings. The van der Waals surface area contributed by atoms with Crippen molar-refractivity contribution in [3.8, 4) is 5.75 Å². The highest BCUT2D eigenvalue weighted by molar-refractivity contribution is 7.12. The van der Waals surface area contributed by atoms with E-state index in [-0.39, 0.29) is 17.2 Å². The van der Waals surface area contributed by atoms with E-state index in [9.17, 15) is 0 Å². The van der Waals surface area contributed by atoms with E-state index < -0.39 is 0 Å². The van der Waals surface area contributed by atoms with E-state index in [0.29, 0.717) is 10.6 Å². The van der Waals surface area contributed by atoms with Crippen LogP contribution >= 0.6 is 11.3 Å². The van der Waals surface area contributed by atoms with E-state index in [0.717, 1.165) is 0 Å². The number of aromatic nitrogens is 1. The smallest absolute Gasteiger partial charge is 0.143 e. The first kappa shape index (κ1) is 10.5. The highest BCUT2D eigenvalue weighted by atomic mass is 32.1. The van der Waals surface area contributed by atoms with Crippen molar-refractivity contribution < 1.29 is 5.11 Å². The molecular weight excluding hydrogens is 222 g/mol. The van der Waals surface area contributed by atoms with Gasteiger partial charge in [0.1, 0.15) is 16.5 Å². The van der Waals surface area contributed by atoms with Gasteiger partial charge in [0.05, 0.1) is 5.71 Å². The summed E-state index contributed by atoms with van der Waals surface area (Å²) < 4.78 is 0. The van der Waals surface area contributed by atoms with E-state index in [1.165, 1.54) is 23.5 Å². The van der Waals surface area contributed by atoms with Crippen LogP contribution < -0.4 is 0 Å². The Morgan fingerprint density at radius 3 is 2.38 bits per heavy atom. The van der Waals surface area contributed by atoms with E-state index in [2.05, 4.69) is 4.98 Å². The average Bonchev–Trinajstić information content (AvgIpc) is 2.81. The molecule has 0 bridgehead atoms. The molecule has 3 N–H and O–H groups in total. The third kappa shape index (κ3) is 1.99. The molecule has 0 fully saturated rings. The van der Waals surface area contributed by atoms with Gasteiger partial charge in [-0.3, -0.25) is 10.8 Å². The lowest BCUT2D eigenvalue weighted by atomic mass is 10.1. The summed E-state index contributed by atoms with van der Waals surface area (Å²) in [5.74, 6) is 0.150. The second-order valence-electron chi connectivity index (χ2n) is 3.13. The van der Waals surface area contributed by atoms with Crippen molar-refractivity contribution in [2.75, 3.05) is 0 Å². The lowest BCUT2D eigenvalue weighted by molar-refractivity contribution is 0.475. The fourth-order valence-corrected chi connectivity index (χ4v) is 1.82. The van der Waals surface area contributed by atoms with E-state index in [1.807, 2.05) is 0 Å². The first-order chi connectivity index (χ1) is 7.68. The number of benzene rings is 1. The van der Waals surface area contributed by atoms with Crippen LogP contribution in [0.1, 0.15) is 10.6 Å². The van der Waals surface area contributed by atoms with Crippen molar-refractivity contribution in [3.05, 3.63) is 46.4 Å². The molecule has 0 amide bonds. The highest BCUT2D eigenvalue weighted by Crippen LogP contribution is 2.13. The van der Waals surface area contributed by atoms with Crippen molar-refractivity contribution in [2.45, 2.75) is 0 Å². The Balaban J connectivity index is 2.26. The lowest BCUT2D eigenvalue weighted by Crippen LogP contribution is -2.14. The Labute approximate surface area is 96.2 Å². The zero-order chi connectivity index (χ0) is 11.5. The quantitative estimate of drug-likeness (QED) is 0.708. The van der Waals surface area contributed by atoms with E-state index in [1.54, 1.807) is 23.7 Å². The monoisotopic (exact) mass is 231 g/mol. The maximum absolute atomic E-state index is 9.13. The van der Waals surface area contributed by atoms with Crippen LogP contribution in [-0.2, 0) is 0 Å². The molecule has 16 heavy (non-hydrogen) atoms. The minimum Gasteiger partial charge on any atom is -0.508 e. The van der Waals surface area contributed by atoms with Crippen LogP contribution in [0.15, 0.2) is 35.8 Å². The van der Waals surface area contributed by atoms with Gasteiger partial charge in [-0.2, -0.15) is 0 Å². The second-order valence-corrected chi connectivity index (χ2v) is 4.03. The van der Waals surface area contributed by atoms with Gasteiger partial charge in [-0.05, 0) is 24.3 Å². The van der Waals surface area contributed by atoms with Crippen LogP contribution in [0.3, 0.4) is 0 Å². The second kappa shape index (κ2) is 4.24. The molecule has 80 valence electrons. The average molecular weight is 231 g/mol. The van der Waals surface area contributed by atoms with Gasteiger partial charge in [0.25, 0.3) is 0 Å². The van der Waals surface area contributed by atoms with Gasteiger partial charge in [0.15, 0.2) is 0 Å². The van der Waals surface area contributed by atoms with Crippen molar-refractivity contribution in [1.29, 1.82) is 10.8 Å². The van der Waals surface area contributed by atoms with E-state index >= 15 is 0 Å². The molecule has 0 unspecified atom stereocenters. The standard InChI is InChI=1S/C11H9N3OS/c12-9(7-1-3-8(15)4-2-7)10(13)11-14-5-6-16-11/h1-6,12-13,15H. The number of nitrogens with one attached hydrogen (secondary N) is 2. The molecule has 1 aromatic heterocycles. The first-order valence-corrected chi connectivity index (χ1v) is 5.43. The molecule has 1 aromatic carbocycles. The first-order valence-electron chi connectivity index (χ1n) is 4.55. The molecule has 0 spiro atoms. The molecule has 2 aromatic rings. The van der Waals surface area contributed by atoms with Crippen LogP contribution in [-0.4, -0.2) is 21.5 Å². The van der Waals surface area contributed by atoms with Gasteiger partial charge in [-0.1, -0.05) is 0 Å². The van der Waals surface area contributed by atoms with Gasteiger partial charge in [0.2, 0.25) is 0 Å². The highest BCUT2D eigenvalue weighted by Gasteiger charge is 2.12. The Morgan fingerprint density at radius 2 is 1.81 bits per heavy atom. The number of aromatic hydroxyl groups is 1. The number of nitrogens with zero attached hydrogens (tertiary/aromatic N) is 1. The fourth-order valence-electron chi connectivity index (χ4n) is 1.23. The third-order valence-corrected chi connectivity index (χ3v) is 2.84. The minimum absolute atomic E-state index is 0.0979. The fraction of sp³-hybridized carbons (Fsp3) is 0. The molecule has 0 aliphatic heterocycles. The maximum atomic E-state index is 9.13. The predicted molar refractivity (Wildman–Crippen MR) is 63.9 cm³/mol. The number of thiazole rings is 1. The largest absolute Gasteiger partial charge is 0.508 e. The Kier molecular flexibility index (Phi) is 2.78. The van der Waals surface area contributed by atoms with Crippen molar-refractivity contribution in [3.63, 3.8) is 0 Å². The van der Waals surface area contributed by atoms with Gasteiger partial charge in [-0.15, -0.1) is 11.3 Å². The molecule has 4 nitrogen and oxygen atoms in total. The van der Waals surface area contributed by atoms with Crippen molar-refractivity contribution in [1.82, 2.24) is 4.98 Å². The van der Waals surface area contributed by atoms with E-state index in [4.69, 9.17) is 15.9 Å². The zero-order valence-electron chi connectivity index (χ0n) is 8.27. The summed E-state index contributed by atoms with van der Waals surface area (Å²) in [7, 11) is 0. The topological polar surface area (TPSA) is 80.8 Å². The summed E-state index contributed by atoms with van der Waals surface area (Å²) in [5, 5.41) is 27.1. The Morgan fingerprint density at radius 1 is 1.12 bits per heavy atom. The summed E-state index contributed by atoms with van der Waals surface area (Å²) in [6.07, 6.45) is 1.61. The molecule has 5 heteroatoms. The van der Waals surface area contributed by atoms with Crippen LogP contribution in [0, 0.1) is 10.8 Å². The Bertz CT molecular complexity index is 517. The molecule has 0 saturated carbocycles. The lowest BCUT2D eigenvalue weighted by Gasteiger charge is -2.03. The maximum Gasteiger partial charge on any atom is 0.143 e. The number of hydrogen-bond acceptors (Lipinski definition) is 5. The number of hydrogen-bond donors (Lipinski definition) is 3. The van der Waals surface area contributed by atoms with Crippen LogP contribution in [0.25, 0.3) is 0 Å². The summed E-state index contributed by atoms with van der Waals surface area (Å²) in [6, 6.07) is 6.22.